The predicted octanol–water partition coefficient (Wildman–Crippen LogP) is 6.44. The number of aromatic nitrogens is 4. The zero-order valence-electron chi connectivity index (χ0n) is 22.9. The van der Waals surface area contributed by atoms with Crippen molar-refractivity contribution in [2.24, 2.45) is 0 Å². The summed E-state index contributed by atoms with van der Waals surface area (Å²) in [6.07, 6.45) is 3.28. The molecule has 0 saturated carbocycles. The van der Waals surface area contributed by atoms with Crippen LogP contribution in [0, 0.1) is 0 Å². The van der Waals surface area contributed by atoms with Crippen LogP contribution in [0.3, 0.4) is 0 Å². The molecule has 1 amide bonds. The molecule has 1 saturated heterocycles. The van der Waals surface area contributed by atoms with Crippen LogP contribution in [-0.4, -0.2) is 55.4 Å². The lowest BCUT2D eigenvalue weighted by Gasteiger charge is -2.32. The van der Waals surface area contributed by atoms with E-state index < -0.39 is 0 Å². The van der Waals surface area contributed by atoms with Crippen LogP contribution in [-0.2, 0) is 17.9 Å². The van der Waals surface area contributed by atoms with Gasteiger partial charge < -0.3 is 9.88 Å². The molecule has 7 nitrogen and oxygen atoms in total. The molecule has 41 heavy (non-hydrogen) atoms. The third-order valence-electron chi connectivity index (χ3n) is 7.59. The number of fused-ring (bicyclic) bond motifs is 3. The van der Waals surface area contributed by atoms with E-state index in [1.165, 1.54) is 11.1 Å². The predicted molar refractivity (Wildman–Crippen MR) is 169 cm³/mol. The van der Waals surface area contributed by atoms with Gasteiger partial charge in [0.2, 0.25) is 11.1 Å². The van der Waals surface area contributed by atoms with Crippen molar-refractivity contribution in [3.8, 4) is 0 Å². The SMILES string of the molecule is O=C(CCCSc1nnc2c3ccccc3n(Cc3ccc(Br)cc3)c2n1)NC1CCN(Cc2ccccc2)CC1. The zero-order valence-corrected chi connectivity index (χ0v) is 25.3. The summed E-state index contributed by atoms with van der Waals surface area (Å²) in [6, 6.07) is 27.5. The largest absolute Gasteiger partial charge is 0.353 e. The molecule has 3 heterocycles. The Kier molecular flexibility index (Phi) is 8.94. The first-order valence-corrected chi connectivity index (χ1v) is 15.9. The molecule has 2 aromatic heterocycles. The van der Waals surface area contributed by atoms with Crippen LogP contribution < -0.4 is 5.32 Å². The molecule has 0 aliphatic carbocycles. The molecule has 3 aromatic carbocycles. The fraction of sp³-hybridized carbons (Fsp3) is 0.312. The minimum atomic E-state index is 0.135. The molecule has 0 spiro atoms. The van der Waals surface area contributed by atoms with Crippen molar-refractivity contribution in [1.29, 1.82) is 0 Å². The number of carbonyl (C=O) groups excluding carboxylic acids is 1. The first-order valence-electron chi connectivity index (χ1n) is 14.2. The van der Waals surface area contributed by atoms with Gasteiger partial charge in [-0.1, -0.05) is 88.4 Å². The van der Waals surface area contributed by atoms with Crippen LogP contribution in [0.5, 0.6) is 0 Å². The highest BCUT2D eigenvalue weighted by Crippen LogP contribution is 2.28. The summed E-state index contributed by atoms with van der Waals surface area (Å²) in [4.78, 5) is 20.0. The number of nitrogens with one attached hydrogen (secondary N) is 1. The van der Waals surface area contributed by atoms with Crippen molar-refractivity contribution in [1.82, 2.24) is 30.0 Å². The molecule has 9 heteroatoms. The summed E-state index contributed by atoms with van der Waals surface area (Å²) >= 11 is 5.08. The molecule has 1 N–H and O–H groups in total. The summed E-state index contributed by atoms with van der Waals surface area (Å²) in [5.74, 6) is 0.902. The average Bonchev–Trinajstić information content (AvgIpc) is 3.30. The Morgan fingerprint density at radius 2 is 1.63 bits per heavy atom. The van der Waals surface area contributed by atoms with Crippen molar-refractivity contribution < 1.29 is 4.79 Å². The van der Waals surface area contributed by atoms with E-state index in [4.69, 9.17) is 4.98 Å². The normalized spacial score (nSPS) is 14.6. The summed E-state index contributed by atoms with van der Waals surface area (Å²) in [7, 11) is 0. The number of amides is 1. The van der Waals surface area contributed by atoms with E-state index in [-0.39, 0.29) is 11.9 Å². The Balaban J connectivity index is 1.01. The average molecular weight is 630 g/mol. The van der Waals surface area contributed by atoms with Gasteiger partial charge in [0.25, 0.3) is 0 Å². The maximum absolute atomic E-state index is 12.6. The van der Waals surface area contributed by atoms with Gasteiger partial charge in [0, 0.05) is 54.3 Å². The second kappa shape index (κ2) is 13.1. The number of likely N-dealkylation sites (tertiary alicyclic amines) is 1. The number of benzene rings is 3. The molecule has 1 fully saturated rings. The Hall–Kier alpha value is -3.27. The van der Waals surface area contributed by atoms with Crippen molar-refractivity contribution in [2.75, 3.05) is 18.8 Å². The van der Waals surface area contributed by atoms with Gasteiger partial charge in [0.15, 0.2) is 5.65 Å². The van der Waals surface area contributed by atoms with Crippen LogP contribution in [0.15, 0.2) is 88.5 Å². The first-order chi connectivity index (χ1) is 20.1. The topological polar surface area (TPSA) is 75.9 Å². The van der Waals surface area contributed by atoms with Crippen molar-refractivity contribution in [3.63, 3.8) is 0 Å². The maximum atomic E-state index is 12.6. The molecule has 1 aliphatic heterocycles. The molecular weight excluding hydrogens is 596 g/mol. The Morgan fingerprint density at radius 1 is 0.902 bits per heavy atom. The number of para-hydroxylation sites is 1. The first kappa shape index (κ1) is 27.9. The second-order valence-electron chi connectivity index (χ2n) is 10.6. The monoisotopic (exact) mass is 628 g/mol. The Bertz CT molecular complexity index is 1620. The standard InChI is InChI=1S/C32H33BrN6OS/c33-25-14-12-24(13-15-25)22-39-28-10-5-4-9-27(28)30-31(39)35-32(37-36-30)41-20-6-11-29(40)34-26-16-18-38(19-17-26)21-23-7-2-1-3-8-23/h1-5,7-10,12-15,26H,6,11,16-22H2,(H,34,40). The highest BCUT2D eigenvalue weighted by Gasteiger charge is 2.21. The van der Waals surface area contributed by atoms with Gasteiger partial charge in [-0.25, -0.2) is 4.98 Å². The minimum Gasteiger partial charge on any atom is -0.353 e. The molecule has 5 aromatic rings. The van der Waals surface area contributed by atoms with Gasteiger partial charge in [0.05, 0.1) is 5.52 Å². The highest BCUT2D eigenvalue weighted by atomic mass is 79.9. The van der Waals surface area contributed by atoms with E-state index in [1.807, 2.05) is 12.1 Å². The highest BCUT2D eigenvalue weighted by molar-refractivity contribution is 9.10. The third kappa shape index (κ3) is 6.97. The number of carbonyl (C=O) groups is 1. The van der Waals surface area contributed by atoms with E-state index >= 15 is 0 Å². The lowest BCUT2D eigenvalue weighted by atomic mass is 10.0. The van der Waals surface area contributed by atoms with Gasteiger partial charge in [-0.15, -0.1) is 10.2 Å². The van der Waals surface area contributed by atoms with Crippen molar-refractivity contribution in [3.05, 3.63) is 94.5 Å². The van der Waals surface area contributed by atoms with Crippen LogP contribution in [0.2, 0.25) is 0 Å². The molecular formula is C32H33BrN6OS. The van der Waals surface area contributed by atoms with E-state index in [1.54, 1.807) is 11.8 Å². The van der Waals surface area contributed by atoms with Gasteiger partial charge >= 0.3 is 0 Å². The number of rotatable bonds is 10. The quantitative estimate of drug-likeness (QED) is 0.142. The number of halogens is 1. The molecule has 0 atom stereocenters. The van der Waals surface area contributed by atoms with Crippen LogP contribution in [0.1, 0.15) is 36.8 Å². The maximum Gasteiger partial charge on any atom is 0.220 e. The number of hydrogen-bond donors (Lipinski definition) is 1. The number of nitrogens with zero attached hydrogens (tertiary/aromatic N) is 5. The molecule has 1 aliphatic rings. The third-order valence-corrected chi connectivity index (χ3v) is 9.04. The summed E-state index contributed by atoms with van der Waals surface area (Å²) < 4.78 is 3.27. The van der Waals surface area contributed by atoms with E-state index in [0.717, 1.165) is 71.2 Å². The van der Waals surface area contributed by atoms with Gasteiger partial charge in [-0.2, -0.15) is 0 Å². The van der Waals surface area contributed by atoms with E-state index in [2.05, 4.69) is 108 Å². The molecule has 0 unspecified atom stereocenters. The Morgan fingerprint density at radius 3 is 2.44 bits per heavy atom. The van der Waals surface area contributed by atoms with Gasteiger partial charge in [-0.05, 0) is 48.6 Å². The van der Waals surface area contributed by atoms with E-state index in [9.17, 15) is 4.79 Å². The molecule has 210 valence electrons. The molecule has 0 radical (unpaired) electrons. The van der Waals surface area contributed by atoms with Crippen LogP contribution in [0.25, 0.3) is 22.1 Å². The number of thioether (sulfide) groups is 1. The smallest absolute Gasteiger partial charge is 0.220 e. The number of piperidine rings is 1. The van der Waals surface area contributed by atoms with Gasteiger partial charge in [-0.3, -0.25) is 9.69 Å². The summed E-state index contributed by atoms with van der Waals surface area (Å²) in [5.41, 5.74) is 5.28. The van der Waals surface area contributed by atoms with E-state index in [0.29, 0.717) is 18.1 Å². The van der Waals surface area contributed by atoms with Gasteiger partial charge in [0.1, 0.15) is 5.52 Å². The lowest BCUT2D eigenvalue weighted by Crippen LogP contribution is -2.44. The second-order valence-corrected chi connectivity index (χ2v) is 12.5. The van der Waals surface area contributed by atoms with Crippen LogP contribution >= 0.6 is 27.7 Å². The van der Waals surface area contributed by atoms with Crippen molar-refractivity contribution in [2.45, 2.75) is 50.0 Å². The fourth-order valence-electron chi connectivity index (χ4n) is 5.46. The summed E-state index contributed by atoms with van der Waals surface area (Å²) in [6.45, 7) is 3.71. The number of hydrogen-bond acceptors (Lipinski definition) is 6. The zero-order chi connectivity index (χ0) is 28.0. The molecule has 6 rings (SSSR count). The Labute approximate surface area is 252 Å². The molecule has 0 bridgehead atoms. The van der Waals surface area contributed by atoms with Crippen molar-refractivity contribution >= 4 is 55.7 Å². The lowest BCUT2D eigenvalue weighted by molar-refractivity contribution is -0.122. The fourth-order valence-corrected chi connectivity index (χ4v) is 6.44. The summed E-state index contributed by atoms with van der Waals surface area (Å²) in [5, 5.41) is 13.9. The van der Waals surface area contributed by atoms with Crippen LogP contribution in [0.4, 0.5) is 0 Å². The minimum absolute atomic E-state index is 0.135.